The molecule has 2 aromatic carbocycles. The molecule has 4 nitrogen and oxygen atoms in total. The van der Waals surface area contributed by atoms with E-state index in [1.807, 2.05) is 6.07 Å². The van der Waals surface area contributed by atoms with E-state index in [0.717, 1.165) is 12.1 Å². The smallest absolute Gasteiger partial charge is 0.478 e. The number of rotatable bonds is 3. The molecule has 2 rings (SSSR count). The second kappa shape index (κ2) is 5.77. The summed E-state index contributed by atoms with van der Waals surface area (Å²) in [6.45, 7) is 0. The first-order chi connectivity index (χ1) is 10.3. The molecule has 112 valence electrons. The van der Waals surface area contributed by atoms with Crippen LogP contribution in [0.3, 0.4) is 0 Å². The SMILES string of the molecule is N#Cc1ccccc1-c1ccc(C(=O)O)cc1OC(F)(F)F. The maximum atomic E-state index is 12.5. The van der Waals surface area contributed by atoms with Crippen molar-refractivity contribution in [3.05, 3.63) is 53.6 Å². The molecule has 22 heavy (non-hydrogen) atoms. The lowest BCUT2D eigenvalue weighted by atomic mass is 9.98. The molecule has 0 saturated heterocycles. The Labute approximate surface area is 123 Å². The van der Waals surface area contributed by atoms with Gasteiger partial charge in [0, 0.05) is 11.1 Å². The van der Waals surface area contributed by atoms with Gasteiger partial charge in [0.05, 0.1) is 17.2 Å². The molecule has 1 N–H and O–H groups in total. The molecule has 0 aliphatic heterocycles. The van der Waals surface area contributed by atoms with Gasteiger partial charge in [-0.25, -0.2) is 4.79 Å². The first-order valence-corrected chi connectivity index (χ1v) is 5.94. The van der Waals surface area contributed by atoms with E-state index < -0.39 is 18.1 Å². The van der Waals surface area contributed by atoms with Crippen molar-refractivity contribution in [2.24, 2.45) is 0 Å². The van der Waals surface area contributed by atoms with Crippen LogP contribution in [-0.2, 0) is 0 Å². The van der Waals surface area contributed by atoms with E-state index in [2.05, 4.69) is 4.74 Å². The Hall–Kier alpha value is -3.01. The molecule has 0 fully saturated rings. The van der Waals surface area contributed by atoms with E-state index in [4.69, 9.17) is 10.4 Å². The van der Waals surface area contributed by atoms with Gasteiger partial charge in [0.2, 0.25) is 0 Å². The van der Waals surface area contributed by atoms with Crippen molar-refractivity contribution in [3.8, 4) is 22.9 Å². The number of nitrogens with zero attached hydrogens (tertiary/aromatic N) is 1. The predicted octanol–water partition coefficient (Wildman–Crippen LogP) is 3.82. The summed E-state index contributed by atoms with van der Waals surface area (Å²) in [5.74, 6) is -2.05. The van der Waals surface area contributed by atoms with Gasteiger partial charge in [-0.05, 0) is 24.3 Å². The minimum absolute atomic E-state index is 0.0144. The third kappa shape index (κ3) is 3.35. The molecular formula is C15H8F3NO3. The van der Waals surface area contributed by atoms with Crippen molar-refractivity contribution in [2.75, 3.05) is 0 Å². The van der Waals surface area contributed by atoms with Crippen LogP contribution >= 0.6 is 0 Å². The Bertz CT molecular complexity index is 763. The standard InChI is InChI=1S/C15H8F3NO3/c16-15(17,18)22-13-7-9(14(20)21)5-6-12(13)11-4-2-1-3-10(11)8-19/h1-7H,(H,20,21). The molecule has 0 saturated carbocycles. The number of carboxylic acid groups (broad SMARTS) is 1. The average molecular weight is 307 g/mol. The van der Waals surface area contributed by atoms with E-state index in [1.54, 1.807) is 12.1 Å². The predicted molar refractivity (Wildman–Crippen MR) is 70.2 cm³/mol. The van der Waals surface area contributed by atoms with E-state index in [1.165, 1.54) is 18.2 Å². The lowest BCUT2D eigenvalue weighted by molar-refractivity contribution is -0.274. The first kappa shape index (κ1) is 15.4. The molecule has 2 aromatic rings. The molecule has 0 aliphatic carbocycles. The highest BCUT2D eigenvalue weighted by Crippen LogP contribution is 2.36. The number of hydrogen-bond donors (Lipinski definition) is 1. The minimum Gasteiger partial charge on any atom is -0.478 e. The number of ether oxygens (including phenoxy) is 1. The van der Waals surface area contributed by atoms with Crippen LogP contribution in [-0.4, -0.2) is 17.4 Å². The number of halogens is 3. The number of nitriles is 1. The Morgan fingerprint density at radius 2 is 1.82 bits per heavy atom. The summed E-state index contributed by atoms with van der Waals surface area (Å²) >= 11 is 0. The molecular weight excluding hydrogens is 299 g/mol. The summed E-state index contributed by atoms with van der Waals surface area (Å²) < 4.78 is 41.5. The Kier molecular flexibility index (Phi) is 4.04. The third-order valence-corrected chi connectivity index (χ3v) is 2.79. The molecule has 0 radical (unpaired) electrons. The molecule has 0 amide bonds. The fraction of sp³-hybridized carbons (Fsp3) is 0.0667. The molecule has 0 aromatic heterocycles. The van der Waals surface area contributed by atoms with Gasteiger partial charge in [0.15, 0.2) is 0 Å². The fourth-order valence-corrected chi connectivity index (χ4v) is 1.90. The number of alkyl halides is 3. The van der Waals surface area contributed by atoms with Gasteiger partial charge < -0.3 is 9.84 Å². The van der Waals surface area contributed by atoms with Gasteiger partial charge in [-0.3, -0.25) is 0 Å². The van der Waals surface area contributed by atoms with Crippen LogP contribution in [0.15, 0.2) is 42.5 Å². The van der Waals surface area contributed by atoms with Crippen molar-refractivity contribution < 1.29 is 27.8 Å². The largest absolute Gasteiger partial charge is 0.573 e. The van der Waals surface area contributed by atoms with Gasteiger partial charge in [0.25, 0.3) is 0 Å². The van der Waals surface area contributed by atoms with E-state index in [9.17, 15) is 18.0 Å². The van der Waals surface area contributed by atoms with Gasteiger partial charge in [0.1, 0.15) is 5.75 Å². The van der Waals surface area contributed by atoms with Crippen LogP contribution in [0.4, 0.5) is 13.2 Å². The zero-order valence-electron chi connectivity index (χ0n) is 10.9. The number of benzene rings is 2. The number of carboxylic acids is 1. The van der Waals surface area contributed by atoms with Gasteiger partial charge in [-0.1, -0.05) is 18.2 Å². The second-order valence-corrected chi connectivity index (χ2v) is 4.22. The summed E-state index contributed by atoms with van der Waals surface area (Å²) in [5, 5.41) is 17.9. The van der Waals surface area contributed by atoms with Crippen LogP contribution in [0.25, 0.3) is 11.1 Å². The summed E-state index contributed by atoms with van der Waals surface area (Å²) in [6, 6.07) is 11.0. The van der Waals surface area contributed by atoms with Crippen LogP contribution in [0.5, 0.6) is 5.75 Å². The number of hydrogen-bond acceptors (Lipinski definition) is 3. The first-order valence-electron chi connectivity index (χ1n) is 5.94. The third-order valence-electron chi connectivity index (χ3n) is 2.79. The monoisotopic (exact) mass is 307 g/mol. The lowest BCUT2D eigenvalue weighted by Gasteiger charge is -2.14. The molecule has 0 atom stereocenters. The minimum atomic E-state index is -4.98. The fourth-order valence-electron chi connectivity index (χ4n) is 1.90. The Morgan fingerprint density at radius 3 is 2.41 bits per heavy atom. The summed E-state index contributed by atoms with van der Waals surface area (Å²) in [7, 11) is 0. The van der Waals surface area contributed by atoms with Gasteiger partial charge >= 0.3 is 12.3 Å². The molecule has 0 bridgehead atoms. The van der Waals surface area contributed by atoms with Gasteiger partial charge in [-0.2, -0.15) is 5.26 Å². The summed E-state index contributed by atoms with van der Waals surface area (Å²) in [6.07, 6.45) is -4.98. The van der Waals surface area contributed by atoms with E-state index in [-0.39, 0.29) is 22.3 Å². The zero-order chi connectivity index (χ0) is 16.3. The molecule has 0 unspecified atom stereocenters. The van der Waals surface area contributed by atoms with Crippen molar-refractivity contribution in [1.82, 2.24) is 0 Å². The van der Waals surface area contributed by atoms with Crippen LogP contribution in [0.1, 0.15) is 15.9 Å². The highest BCUT2D eigenvalue weighted by atomic mass is 19.4. The summed E-state index contributed by atoms with van der Waals surface area (Å²) in [4.78, 5) is 10.9. The maximum Gasteiger partial charge on any atom is 0.573 e. The average Bonchev–Trinajstić information content (AvgIpc) is 2.45. The number of carbonyl (C=O) groups is 1. The molecule has 0 aliphatic rings. The van der Waals surface area contributed by atoms with Crippen molar-refractivity contribution in [1.29, 1.82) is 5.26 Å². The molecule has 7 heteroatoms. The van der Waals surface area contributed by atoms with E-state index in [0.29, 0.717) is 0 Å². The van der Waals surface area contributed by atoms with Crippen molar-refractivity contribution in [2.45, 2.75) is 6.36 Å². The molecule has 0 heterocycles. The normalized spacial score (nSPS) is 10.8. The van der Waals surface area contributed by atoms with Crippen LogP contribution in [0, 0.1) is 11.3 Å². The topological polar surface area (TPSA) is 70.3 Å². The lowest BCUT2D eigenvalue weighted by Crippen LogP contribution is -2.18. The highest BCUT2D eigenvalue weighted by Gasteiger charge is 2.32. The van der Waals surface area contributed by atoms with Crippen molar-refractivity contribution in [3.63, 3.8) is 0 Å². The van der Waals surface area contributed by atoms with Crippen molar-refractivity contribution >= 4 is 5.97 Å². The van der Waals surface area contributed by atoms with E-state index >= 15 is 0 Å². The molecule has 0 spiro atoms. The zero-order valence-corrected chi connectivity index (χ0v) is 10.9. The summed E-state index contributed by atoms with van der Waals surface area (Å²) in [5.41, 5.74) is 0.00991. The Balaban J connectivity index is 2.65. The van der Waals surface area contributed by atoms with Gasteiger partial charge in [-0.15, -0.1) is 13.2 Å². The second-order valence-electron chi connectivity index (χ2n) is 4.22. The number of aromatic carboxylic acids is 1. The van der Waals surface area contributed by atoms with Crippen LogP contribution in [0.2, 0.25) is 0 Å². The van der Waals surface area contributed by atoms with Crippen LogP contribution < -0.4 is 4.74 Å². The quantitative estimate of drug-likeness (QED) is 0.935. The maximum absolute atomic E-state index is 12.5. The Morgan fingerprint density at radius 1 is 1.14 bits per heavy atom. The highest BCUT2D eigenvalue weighted by molar-refractivity contribution is 5.90.